The van der Waals surface area contributed by atoms with Crippen molar-refractivity contribution < 1.29 is 18.7 Å². The van der Waals surface area contributed by atoms with Gasteiger partial charge in [-0.25, -0.2) is 9.18 Å². The lowest BCUT2D eigenvalue weighted by atomic mass is 9.98. The van der Waals surface area contributed by atoms with Crippen molar-refractivity contribution in [1.29, 1.82) is 0 Å². The van der Waals surface area contributed by atoms with E-state index in [-0.39, 0.29) is 18.1 Å². The zero-order valence-corrected chi connectivity index (χ0v) is 14.9. The molecule has 4 nitrogen and oxygen atoms in total. The maximum atomic E-state index is 13.0. The van der Waals surface area contributed by atoms with Crippen LogP contribution in [-0.4, -0.2) is 25.0 Å². The molecule has 0 fully saturated rings. The van der Waals surface area contributed by atoms with Gasteiger partial charge in [0.15, 0.2) is 0 Å². The van der Waals surface area contributed by atoms with E-state index in [1.165, 1.54) is 19.2 Å². The van der Waals surface area contributed by atoms with Crippen molar-refractivity contribution in [1.82, 2.24) is 5.32 Å². The summed E-state index contributed by atoms with van der Waals surface area (Å²) in [7, 11) is 1.30. The monoisotopic (exact) mass is 365 g/mol. The smallest absolute Gasteiger partial charge is 0.328 e. The van der Waals surface area contributed by atoms with E-state index in [0.717, 1.165) is 16.3 Å². The number of hydrogen-bond donors (Lipinski definition) is 1. The molecule has 138 valence electrons. The first-order chi connectivity index (χ1) is 13.1. The molecule has 0 aliphatic rings. The number of fused-ring (bicyclic) bond motifs is 1. The minimum atomic E-state index is -0.797. The lowest BCUT2D eigenvalue weighted by Gasteiger charge is -2.18. The van der Waals surface area contributed by atoms with Crippen LogP contribution in [0, 0.1) is 5.82 Å². The van der Waals surface area contributed by atoms with E-state index in [2.05, 4.69) is 5.32 Å². The van der Waals surface area contributed by atoms with Crippen molar-refractivity contribution in [2.24, 2.45) is 0 Å². The van der Waals surface area contributed by atoms with Gasteiger partial charge in [-0.05, 0) is 34.0 Å². The highest BCUT2D eigenvalue weighted by atomic mass is 19.1. The number of halogens is 1. The average Bonchev–Trinajstić information content (AvgIpc) is 2.69. The topological polar surface area (TPSA) is 55.4 Å². The van der Waals surface area contributed by atoms with E-state index in [4.69, 9.17) is 4.74 Å². The van der Waals surface area contributed by atoms with Crippen molar-refractivity contribution in [3.63, 3.8) is 0 Å². The van der Waals surface area contributed by atoms with Crippen LogP contribution in [0.4, 0.5) is 4.39 Å². The number of amides is 1. The number of carbonyl (C=O) groups is 2. The summed E-state index contributed by atoms with van der Waals surface area (Å²) in [6.45, 7) is 0. The molecule has 0 heterocycles. The molecule has 0 aliphatic carbocycles. The van der Waals surface area contributed by atoms with Crippen molar-refractivity contribution in [3.05, 3.63) is 83.7 Å². The summed E-state index contributed by atoms with van der Waals surface area (Å²) in [6.07, 6.45) is 0.381. The van der Waals surface area contributed by atoms with Gasteiger partial charge in [0.05, 0.1) is 13.5 Å². The molecule has 0 unspecified atom stereocenters. The Balaban J connectivity index is 1.76. The van der Waals surface area contributed by atoms with Gasteiger partial charge in [-0.3, -0.25) is 4.79 Å². The summed E-state index contributed by atoms with van der Waals surface area (Å²) in [5.41, 5.74) is 1.62. The normalized spacial score (nSPS) is 11.8. The summed E-state index contributed by atoms with van der Waals surface area (Å²) >= 11 is 0. The Morgan fingerprint density at radius 2 is 1.70 bits per heavy atom. The summed E-state index contributed by atoms with van der Waals surface area (Å²) in [5, 5.41) is 4.83. The van der Waals surface area contributed by atoms with E-state index in [1.807, 2.05) is 42.5 Å². The van der Waals surface area contributed by atoms with Crippen molar-refractivity contribution >= 4 is 22.6 Å². The molecule has 3 aromatic carbocycles. The predicted octanol–water partition coefficient (Wildman–Crippen LogP) is 3.42. The lowest BCUT2D eigenvalue weighted by molar-refractivity contribution is -0.145. The van der Waals surface area contributed by atoms with Crippen LogP contribution in [0.3, 0.4) is 0 Å². The fourth-order valence-electron chi connectivity index (χ4n) is 3.06. The first-order valence-electron chi connectivity index (χ1n) is 8.65. The average molecular weight is 365 g/mol. The quantitative estimate of drug-likeness (QED) is 0.681. The van der Waals surface area contributed by atoms with E-state index in [1.54, 1.807) is 12.1 Å². The van der Waals surface area contributed by atoms with E-state index < -0.39 is 12.0 Å². The van der Waals surface area contributed by atoms with Crippen molar-refractivity contribution in [3.8, 4) is 0 Å². The number of rotatable bonds is 6. The molecule has 0 aromatic heterocycles. The molecule has 0 bridgehead atoms. The predicted molar refractivity (Wildman–Crippen MR) is 102 cm³/mol. The third kappa shape index (κ3) is 4.70. The molecule has 0 saturated heterocycles. The van der Waals surface area contributed by atoms with Crippen LogP contribution in [0.5, 0.6) is 0 Å². The zero-order valence-electron chi connectivity index (χ0n) is 14.9. The van der Waals surface area contributed by atoms with Gasteiger partial charge in [0.25, 0.3) is 0 Å². The minimum absolute atomic E-state index is 0.0588. The van der Waals surface area contributed by atoms with Crippen molar-refractivity contribution in [2.75, 3.05) is 7.11 Å². The van der Waals surface area contributed by atoms with Crippen LogP contribution in [-0.2, 0) is 27.2 Å². The Morgan fingerprint density at radius 3 is 2.44 bits per heavy atom. The second-order valence-corrected chi connectivity index (χ2v) is 6.29. The molecular formula is C22H20FNO3. The lowest BCUT2D eigenvalue weighted by Crippen LogP contribution is -2.43. The molecule has 1 N–H and O–H groups in total. The van der Waals surface area contributed by atoms with Crippen LogP contribution in [0.15, 0.2) is 66.7 Å². The van der Waals surface area contributed by atoms with Gasteiger partial charge in [0.1, 0.15) is 11.9 Å². The molecule has 3 rings (SSSR count). The van der Waals surface area contributed by atoms with Gasteiger partial charge in [-0.15, -0.1) is 0 Å². The number of nitrogens with one attached hydrogen (secondary N) is 1. The third-order valence-corrected chi connectivity index (χ3v) is 4.40. The summed E-state index contributed by atoms with van der Waals surface area (Å²) in [4.78, 5) is 24.6. The number of benzene rings is 3. The molecule has 5 heteroatoms. The maximum absolute atomic E-state index is 13.0. The first-order valence-corrected chi connectivity index (χ1v) is 8.65. The molecule has 27 heavy (non-hydrogen) atoms. The second kappa shape index (κ2) is 8.45. The molecular weight excluding hydrogens is 345 g/mol. The Labute approximate surface area is 157 Å². The molecule has 0 saturated carbocycles. The van der Waals surface area contributed by atoms with Gasteiger partial charge >= 0.3 is 5.97 Å². The highest BCUT2D eigenvalue weighted by Gasteiger charge is 2.22. The Morgan fingerprint density at radius 1 is 1.00 bits per heavy atom. The number of hydrogen-bond acceptors (Lipinski definition) is 3. The van der Waals surface area contributed by atoms with E-state index in [0.29, 0.717) is 12.0 Å². The minimum Gasteiger partial charge on any atom is -0.467 e. The SMILES string of the molecule is COC(=O)[C@@H](Cc1cccc2ccccc12)NC(=O)Cc1ccc(F)cc1. The number of carbonyl (C=O) groups excluding carboxylic acids is 2. The number of methoxy groups -OCH3 is 1. The largest absolute Gasteiger partial charge is 0.467 e. The first kappa shape index (κ1) is 18.6. The van der Waals surface area contributed by atoms with Gasteiger partial charge in [-0.2, -0.15) is 0 Å². The van der Waals surface area contributed by atoms with Crippen molar-refractivity contribution in [2.45, 2.75) is 18.9 Å². The summed E-state index contributed by atoms with van der Waals surface area (Å²) in [5.74, 6) is -1.19. The molecule has 0 spiro atoms. The molecule has 3 aromatic rings. The Kier molecular flexibility index (Phi) is 5.81. The summed E-state index contributed by atoms with van der Waals surface area (Å²) in [6, 6.07) is 18.6. The number of ether oxygens (including phenoxy) is 1. The molecule has 0 aliphatic heterocycles. The fourth-order valence-corrected chi connectivity index (χ4v) is 3.06. The Hall–Kier alpha value is -3.21. The molecule has 1 amide bonds. The Bertz CT molecular complexity index is 948. The van der Waals surface area contributed by atoms with E-state index in [9.17, 15) is 14.0 Å². The summed E-state index contributed by atoms with van der Waals surface area (Å²) < 4.78 is 17.9. The van der Waals surface area contributed by atoms with Gasteiger partial charge < -0.3 is 10.1 Å². The third-order valence-electron chi connectivity index (χ3n) is 4.40. The second-order valence-electron chi connectivity index (χ2n) is 6.29. The highest BCUT2D eigenvalue weighted by Crippen LogP contribution is 2.20. The molecule has 0 radical (unpaired) electrons. The van der Waals surface area contributed by atoms with Crippen LogP contribution in [0.1, 0.15) is 11.1 Å². The molecule has 1 atom stereocenters. The van der Waals surface area contributed by atoms with Crippen LogP contribution >= 0.6 is 0 Å². The van der Waals surface area contributed by atoms with Crippen LogP contribution in [0.25, 0.3) is 10.8 Å². The van der Waals surface area contributed by atoms with Crippen LogP contribution in [0.2, 0.25) is 0 Å². The zero-order chi connectivity index (χ0) is 19.2. The van der Waals surface area contributed by atoms with Gasteiger partial charge in [0.2, 0.25) is 5.91 Å². The number of esters is 1. The van der Waals surface area contributed by atoms with Gasteiger partial charge in [0, 0.05) is 6.42 Å². The fraction of sp³-hybridized carbons (Fsp3) is 0.182. The maximum Gasteiger partial charge on any atom is 0.328 e. The standard InChI is InChI=1S/C22H20FNO3/c1-27-22(26)20(24-21(25)13-15-9-11-18(23)12-10-15)14-17-7-4-6-16-5-2-3-8-19(16)17/h2-12,20H,13-14H2,1H3,(H,24,25)/t20-/m1/s1. The van der Waals surface area contributed by atoms with E-state index >= 15 is 0 Å². The highest BCUT2D eigenvalue weighted by molar-refractivity contribution is 5.88. The van der Waals surface area contributed by atoms with Gasteiger partial charge in [-0.1, -0.05) is 54.6 Å². The van der Waals surface area contributed by atoms with Crippen LogP contribution < -0.4 is 5.32 Å².